The quantitative estimate of drug-likeness (QED) is 0.684. The molecule has 3 heteroatoms. The number of hydrogen-bond donors (Lipinski definition) is 2. The highest BCUT2D eigenvalue weighted by Crippen LogP contribution is 2.12. The Morgan fingerprint density at radius 1 is 1.10 bits per heavy atom. The fourth-order valence-electron chi connectivity index (χ4n) is 0.903. The van der Waals surface area contributed by atoms with Crippen molar-refractivity contribution in [3.8, 4) is 0 Å². The molecular formula is C7H17BrN2. The Hall–Kier alpha value is 0.400. The van der Waals surface area contributed by atoms with E-state index in [1.807, 2.05) is 13.8 Å². The van der Waals surface area contributed by atoms with Gasteiger partial charge < -0.3 is 11.5 Å². The van der Waals surface area contributed by atoms with Gasteiger partial charge in [0.05, 0.1) is 0 Å². The zero-order valence-corrected chi connectivity index (χ0v) is 8.26. The van der Waals surface area contributed by atoms with Gasteiger partial charge in [0, 0.05) is 16.9 Å². The maximum absolute atomic E-state index is 5.60. The Morgan fingerprint density at radius 3 is 1.60 bits per heavy atom. The van der Waals surface area contributed by atoms with Crippen molar-refractivity contribution in [2.24, 2.45) is 11.5 Å². The Bertz CT molecular complexity index is 73.7. The lowest BCUT2D eigenvalue weighted by Gasteiger charge is -2.13. The lowest BCUT2D eigenvalue weighted by atomic mass is 10.1. The highest BCUT2D eigenvalue weighted by molar-refractivity contribution is 9.09. The standard InChI is InChI=1S/C7H17BrN2/c1-5(9)3-7(8)4-6(2)10/h5-7H,3-4,9-10H2,1-2H3. The van der Waals surface area contributed by atoms with Crippen LogP contribution in [0.5, 0.6) is 0 Å². The Labute approximate surface area is 71.5 Å². The van der Waals surface area contributed by atoms with Gasteiger partial charge >= 0.3 is 0 Å². The minimum absolute atomic E-state index is 0.267. The van der Waals surface area contributed by atoms with Crippen LogP contribution in [0.4, 0.5) is 0 Å². The molecule has 0 aliphatic heterocycles. The summed E-state index contributed by atoms with van der Waals surface area (Å²) in [6, 6.07) is 0.534. The normalized spacial score (nSPS) is 20.1. The molecular weight excluding hydrogens is 192 g/mol. The zero-order chi connectivity index (χ0) is 8.15. The molecule has 2 nitrogen and oxygen atoms in total. The first kappa shape index (κ1) is 10.4. The first-order valence-corrected chi connectivity index (χ1v) is 4.59. The Morgan fingerprint density at radius 2 is 1.40 bits per heavy atom. The van der Waals surface area contributed by atoms with Gasteiger partial charge in [-0.3, -0.25) is 0 Å². The molecule has 0 heterocycles. The SMILES string of the molecule is CC(N)CC(Br)CC(C)N. The average molecular weight is 209 g/mol. The molecule has 0 saturated heterocycles. The second-order valence-corrected chi connectivity index (χ2v) is 4.32. The smallest absolute Gasteiger partial charge is 0.0175 e. The van der Waals surface area contributed by atoms with E-state index in [9.17, 15) is 0 Å². The first-order valence-electron chi connectivity index (χ1n) is 3.67. The van der Waals surface area contributed by atoms with Gasteiger partial charge in [0.15, 0.2) is 0 Å². The molecule has 0 aliphatic rings. The monoisotopic (exact) mass is 208 g/mol. The summed E-state index contributed by atoms with van der Waals surface area (Å²) in [5.41, 5.74) is 11.2. The molecule has 2 atom stereocenters. The third kappa shape index (κ3) is 6.52. The molecule has 0 aromatic carbocycles. The lowest BCUT2D eigenvalue weighted by Crippen LogP contribution is -2.25. The van der Waals surface area contributed by atoms with Crippen LogP contribution in [0.1, 0.15) is 26.7 Å². The molecule has 0 rings (SSSR count). The maximum Gasteiger partial charge on any atom is 0.0175 e. The highest BCUT2D eigenvalue weighted by atomic mass is 79.9. The molecule has 4 N–H and O–H groups in total. The van der Waals surface area contributed by atoms with E-state index in [4.69, 9.17) is 11.5 Å². The van der Waals surface area contributed by atoms with Crippen molar-refractivity contribution in [3.05, 3.63) is 0 Å². The summed E-state index contributed by atoms with van der Waals surface area (Å²) in [5, 5.41) is 0. The summed E-state index contributed by atoms with van der Waals surface area (Å²) >= 11 is 3.52. The number of rotatable bonds is 4. The summed E-state index contributed by atoms with van der Waals surface area (Å²) in [7, 11) is 0. The average Bonchev–Trinajstić information content (AvgIpc) is 1.58. The molecule has 0 aliphatic carbocycles. The van der Waals surface area contributed by atoms with Crippen molar-refractivity contribution in [1.29, 1.82) is 0 Å². The van der Waals surface area contributed by atoms with Crippen molar-refractivity contribution in [1.82, 2.24) is 0 Å². The maximum atomic E-state index is 5.60. The van der Waals surface area contributed by atoms with Crippen LogP contribution in [0, 0.1) is 0 Å². The summed E-state index contributed by atoms with van der Waals surface area (Å²) in [5.74, 6) is 0. The molecule has 10 heavy (non-hydrogen) atoms. The second kappa shape index (κ2) is 5.10. The molecule has 0 aromatic rings. The molecule has 0 amide bonds. The highest BCUT2D eigenvalue weighted by Gasteiger charge is 2.08. The van der Waals surface area contributed by atoms with Gasteiger partial charge in [-0.05, 0) is 26.7 Å². The van der Waals surface area contributed by atoms with E-state index in [-0.39, 0.29) is 12.1 Å². The van der Waals surface area contributed by atoms with Gasteiger partial charge in [0.2, 0.25) is 0 Å². The molecule has 0 spiro atoms. The zero-order valence-electron chi connectivity index (χ0n) is 6.68. The number of nitrogens with two attached hydrogens (primary N) is 2. The third-order valence-corrected chi connectivity index (χ3v) is 2.00. The summed E-state index contributed by atoms with van der Waals surface area (Å²) < 4.78 is 0. The van der Waals surface area contributed by atoms with Gasteiger partial charge in [-0.25, -0.2) is 0 Å². The minimum atomic E-state index is 0.267. The van der Waals surface area contributed by atoms with Crippen LogP contribution in [0.25, 0.3) is 0 Å². The fourth-order valence-corrected chi connectivity index (χ4v) is 2.08. The van der Waals surface area contributed by atoms with Crippen molar-refractivity contribution in [2.75, 3.05) is 0 Å². The fraction of sp³-hybridized carbons (Fsp3) is 1.00. The third-order valence-electron chi connectivity index (χ3n) is 1.26. The van der Waals surface area contributed by atoms with Gasteiger partial charge in [0.1, 0.15) is 0 Å². The number of halogens is 1. The van der Waals surface area contributed by atoms with Crippen LogP contribution in [0.3, 0.4) is 0 Å². The van der Waals surface area contributed by atoms with Gasteiger partial charge in [-0.1, -0.05) is 15.9 Å². The van der Waals surface area contributed by atoms with Crippen LogP contribution < -0.4 is 11.5 Å². The Balaban J connectivity index is 3.34. The van der Waals surface area contributed by atoms with Crippen LogP contribution in [-0.2, 0) is 0 Å². The van der Waals surface area contributed by atoms with E-state index in [1.54, 1.807) is 0 Å². The van der Waals surface area contributed by atoms with Crippen molar-refractivity contribution in [3.63, 3.8) is 0 Å². The molecule has 0 bridgehead atoms. The molecule has 0 fully saturated rings. The summed E-state index contributed by atoms with van der Waals surface area (Å²) in [4.78, 5) is 0.479. The molecule has 62 valence electrons. The minimum Gasteiger partial charge on any atom is -0.328 e. The molecule has 0 radical (unpaired) electrons. The summed E-state index contributed by atoms with van der Waals surface area (Å²) in [6.07, 6.45) is 2.00. The van der Waals surface area contributed by atoms with Crippen LogP contribution >= 0.6 is 15.9 Å². The van der Waals surface area contributed by atoms with E-state index >= 15 is 0 Å². The van der Waals surface area contributed by atoms with Gasteiger partial charge in [-0.15, -0.1) is 0 Å². The van der Waals surface area contributed by atoms with E-state index in [2.05, 4.69) is 15.9 Å². The Kier molecular flexibility index (Phi) is 5.31. The van der Waals surface area contributed by atoms with Gasteiger partial charge in [0.25, 0.3) is 0 Å². The summed E-state index contributed by atoms with van der Waals surface area (Å²) in [6.45, 7) is 4.02. The topological polar surface area (TPSA) is 52.0 Å². The molecule has 0 aromatic heterocycles. The van der Waals surface area contributed by atoms with Gasteiger partial charge in [-0.2, -0.15) is 0 Å². The predicted molar refractivity (Wildman–Crippen MR) is 49.2 cm³/mol. The lowest BCUT2D eigenvalue weighted by molar-refractivity contribution is 0.572. The van der Waals surface area contributed by atoms with Crippen molar-refractivity contribution < 1.29 is 0 Å². The number of alkyl halides is 1. The van der Waals surface area contributed by atoms with E-state index in [0.29, 0.717) is 4.83 Å². The first-order chi connectivity index (χ1) is 4.52. The molecule has 0 saturated carbocycles. The van der Waals surface area contributed by atoms with Crippen LogP contribution in [-0.4, -0.2) is 16.9 Å². The van der Waals surface area contributed by atoms with E-state index in [0.717, 1.165) is 12.8 Å². The van der Waals surface area contributed by atoms with Crippen LogP contribution in [0.15, 0.2) is 0 Å². The van der Waals surface area contributed by atoms with Crippen LogP contribution in [0.2, 0.25) is 0 Å². The van der Waals surface area contributed by atoms with Crippen molar-refractivity contribution in [2.45, 2.75) is 43.6 Å². The predicted octanol–water partition coefficient (Wildman–Crippen LogP) is 1.22. The largest absolute Gasteiger partial charge is 0.328 e. The van der Waals surface area contributed by atoms with Crippen molar-refractivity contribution >= 4 is 15.9 Å². The van der Waals surface area contributed by atoms with E-state index < -0.39 is 0 Å². The second-order valence-electron chi connectivity index (χ2n) is 3.02. The molecule has 2 unspecified atom stereocenters. The number of hydrogen-bond acceptors (Lipinski definition) is 2. The van der Waals surface area contributed by atoms with E-state index in [1.165, 1.54) is 0 Å².